The van der Waals surface area contributed by atoms with Crippen molar-refractivity contribution in [3.63, 3.8) is 0 Å². The molecule has 0 saturated carbocycles. The van der Waals surface area contributed by atoms with Gasteiger partial charge < -0.3 is 0 Å². The molecule has 0 aromatic heterocycles. The van der Waals surface area contributed by atoms with Gasteiger partial charge in [0.2, 0.25) is 0 Å². The van der Waals surface area contributed by atoms with Gasteiger partial charge in [-0.05, 0) is 55.0 Å². The number of rotatable bonds is 6. The molecule has 0 saturated heterocycles. The van der Waals surface area contributed by atoms with Crippen LogP contribution in [-0.4, -0.2) is 25.9 Å². The van der Waals surface area contributed by atoms with E-state index in [1.807, 2.05) is 24.3 Å². The number of nitrogens with zero attached hydrogens (tertiary/aromatic N) is 4. The van der Waals surface area contributed by atoms with E-state index < -0.39 is 20.2 Å². The summed E-state index contributed by atoms with van der Waals surface area (Å²) in [4.78, 5) is -0.483. The Morgan fingerprint density at radius 3 is 1.72 bits per heavy atom. The fraction of sp³-hybridized carbons (Fsp3) is 0.0370. The molecule has 5 aromatic carbocycles. The number of hydrogen-bond acceptors (Lipinski definition) is 8. The molecule has 2 N–H and O–H groups in total. The maximum atomic E-state index is 11.9. The lowest BCUT2D eigenvalue weighted by Crippen LogP contribution is -1.99. The first-order valence-corrected chi connectivity index (χ1v) is 14.3. The molecule has 0 amide bonds. The highest BCUT2D eigenvalue weighted by atomic mass is 32.2. The molecule has 0 aliphatic rings. The predicted molar refractivity (Wildman–Crippen MR) is 147 cm³/mol. The zero-order valence-electron chi connectivity index (χ0n) is 20.3. The molecular weight excluding hydrogens is 540 g/mol. The minimum atomic E-state index is -4.44. The number of benzene rings is 5. The second-order valence-electron chi connectivity index (χ2n) is 8.58. The van der Waals surface area contributed by atoms with Crippen LogP contribution in [0.4, 0.5) is 22.7 Å². The topological polar surface area (TPSA) is 158 Å². The molecular formula is C27H20N4O6S2. The lowest BCUT2D eigenvalue weighted by Gasteiger charge is -2.09. The molecule has 5 aromatic rings. The van der Waals surface area contributed by atoms with E-state index in [1.54, 1.807) is 43.3 Å². The van der Waals surface area contributed by atoms with E-state index in [0.29, 0.717) is 38.8 Å². The van der Waals surface area contributed by atoms with Crippen molar-refractivity contribution >= 4 is 64.5 Å². The van der Waals surface area contributed by atoms with Crippen molar-refractivity contribution in [2.24, 2.45) is 20.5 Å². The van der Waals surface area contributed by atoms with Crippen LogP contribution in [0.2, 0.25) is 0 Å². The fourth-order valence-corrected chi connectivity index (χ4v) is 5.50. The smallest absolute Gasteiger partial charge is 0.282 e. The predicted octanol–water partition coefficient (Wildman–Crippen LogP) is 7.63. The Balaban J connectivity index is 1.55. The average Bonchev–Trinajstić information content (AvgIpc) is 2.91. The molecule has 0 radical (unpaired) electrons. The summed E-state index contributed by atoms with van der Waals surface area (Å²) in [6.45, 7) is 1.75. The Hall–Kier alpha value is -4.36. The molecule has 0 fully saturated rings. The standard InChI is InChI=1S/C27H20N4O6S2/c1-17-12-13-25(22-10-5-11-26(27(17)22)39(35,36)37)31-30-24-15-14-23(20-8-2-3-9-21(20)24)29-28-18-6-4-7-19(16-18)38(32,33)34/h2-16H,1H3,(H,32,33,34)(H,35,36,37). The number of fused-ring (bicyclic) bond motifs is 2. The van der Waals surface area contributed by atoms with Crippen LogP contribution >= 0.6 is 0 Å². The molecule has 0 bridgehead atoms. The van der Waals surface area contributed by atoms with Crippen molar-refractivity contribution in [2.75, 3.05) is 0 Å². The molecule has 12 heteroatoms. The normalized spacial score (nSPS) is 12.7. The van der Waals surface area contributed by atoms with E-state index >= 15 is 0 Å². The SMILES string of the molecule is Cc1ccc(N=Nc2ccc(N=Nc3cccc(S(=O)(=O)O)c3)c3ccccc23)c2cccc(S(=O)(=O)O)c12. The lowest BCUT2D eigenvalue weighted by atomic mass is 10.0. The van der Waals surface area contributed by atoms with Crippen LogP contribution in [0.1, 0.15) is 5.56 Å². The summed E-state index contributed by atoms with van der Waals surface area (Å²) in [6.07, 6.45) is 0. The Labute approximate surface area is 223 Å². The quantitative estimate of drug-likeness (QED) is 0.160. The van der Waals surface area contributed by atoms with Crippen LogP contribution in [0.5, 0.6) is 0 Å². The van der Waals surface area contributed by atoms with Crippen LogP contribution in [0.25, 0.3) is 21.5 Å². The van der Waals surface area contributed by atoms with Crippen molar-refractivity contribution in [1.82, 2.24) is 0 Å². The highest BCUT2D eigenvalue weighted by Crippen LogP contribution is 2.37. The molecule has 5 rings (SSSR count). The maximum absolute atomic E-state index is 11.9. The minimum absolute atomic E-state index is 0.197. The van der Waals surface area contributed by atoms with Crippen molar-refractivity contribution in [2.45, 2.75) is 16.7 Å². The summed E-state index contributed by atoms with van der Waals surface area (Å²) in [5.41, 5.74) is 2.36. The lowest BCUT2D eigenvalue weighted by molar-refractivity contribution is 0.481. The largest absolute Gasteiger partial charge is 0.295 e. The molecule has 0 spiro atoms. The van der Waals surface area contributed by atoms with E-state index in [4.69, 9.17) is 0 Å². The van der Waals surface area contributed by atoms with Gasteiger partial charge in [0.05, 0.1) is 27.6 Å². The summed E-state index contributed by atoms with van der Waals surface area (Å²) in [6, 6.07) is 24.2. The van der Waals surface area contributed by atoms with Crippen molar-refractivity contribution in [1.29, 1.82) is 0 Å². The molecule has 0 atom stereocenters. The van der Waals surface area contributed by atoms with E-state index in [1.165, 1.54) is 30.3 Å². The minimum Gasteiger partial charge on any atom is -0.282 e. The van der Waals surface area contributed by atoms with E-state index in [-0.39, 0.29) is 15.5 Å². The van der Waals surface area contributed by atoms with Gasteiger partial charge in [0.15, 0.2) is 0 Å². The van der Waals surface area contributed by atoms with Gasteiger partial charge in [-0.2, -0.15) is 21.9 Å². The zero-order chi connectivity index (χ0) is 27.8. The second-order valence-corrected chi connectivity index (χ2v) is 11.4. The molecule has 0 heterocycles. The van der Waals surface area contributed by atoms with Crippen molar-refractivity contribution < 1.29 is 25.9 Å². The van der Waals surface area contributed by atoms with E-state index in [2.05, 4.69) is 20.5 Å². The van der Waals surface area contributed by atoms with Crippen molar-refractivity contribution in [3.05, 3.63) is 96.6 Å². The third kappa shape index (κ3) is 5.45. The van der Waals surface area contributed by atoms with Crippen LogP contribution < -0.4 is 0 Å². The summed E-state index contributed by atoms with van der Waals surface area (Å²) in [5.74, 6) is 0. The maximum Gasteiger partial charge on any atom is 0.295 e. The van der Waals surface area contributed by atoms with Gasteiger partial charge in [0.1, 0.15) is 4.90 Å². The summed E-state index contributed by atoms with van der Waals surface area (Å²) < 4.78 is 65.6. The molecule has 39 heavy (non-hydrogen) atoms. The van der Waals surface area contributed by atoms with Gasteiger partial charge in [-0.15, -0.1) is 15.3 Å². The Morgan fingerprint density at radius 1 is 0.564 bits per heavy atom. The van der Waals surface area contributed by atoms with Crippen LogP contribution in [0.3, 0.4) is 0 Å². The van der Waals surface area contributed by atoms with Crippen LogP contribution in [0.15, 0.2) is 121 Å². The Kier molecular flexibility index (Phi) is 6.78. The van der Waals surface area contributed by atoms with E-state index in [0.717, 1.165) is 5.39 Å². The summed E-state index contributed by atoms with van der Waals surface area (Å²) in [5, 5.41) is 19.5. The third-order valence-corrected chi connectivity index (χ3v) is 7.74. The third-order valence-electron chi connectivity index (χ3n) is 6.00. The van der Waals surface area contributed by atoms with Gasteiger partial charge in [0.25, 0.3) is 20.2 Å². The van der Waals surface area contributed by atoms with Crippen LogP contribution in [0, 0.1) is 6.92 Å². The molecule has 0 aliphatic heterocycles. The Bertz CT molecular complexity index is 2040. The monoisotopic (exact) mass is 560 g/mol. The first-order chi connectivity index (χ1) is 18.5. The number of azo groups is 2. The average molecular weight is 561 g/mol. The second kappa shape index (κ2) is 10.1. The van der Waals surface area contributed by atoms with E-state index in [9.17, 15) is 25.9 Å². The first kappa shape index (κ1) is 26.3. The van der Waals surface area contributed by atoms with Gasteiger partial charge in [0, 0.05) is 21.5 Å². The molecule has 0 aliphatic carbocycles. The van der Waals surface area contributed by atoms with Gasteiger partial charge >= 0.3 is 0 Å². The fourth-order valence-electron chi connectivity index (χ4n) is 4.20. The first-order valence-electron chi connectivity index (χ1n) is 11.4. The highest BCUT2D eigenvalue weighted by molar-refractivity contribution is 7.86. The highest BCUT2D eigenvalue weighted by Gasteiger charge is 2.17. The summed E-state index contributed by atoms with van der Waals surface area (Å²) in [7, 11) is -8.81. The van der Waals surface area contributed by atoms with Crippen molar-refractivity contribution in [3.8, 4) is 0 Å². The zero-order valence-corrected chi connectivity index (χ0v) is 21.9. The summed E-state index contributed by atoms with van der Waals surface area (Å²) >= 11 is 0. The molecule has 196 valence electrons. The van der Waals surface area contributed by atoms with Gasteiger partial charge in [-0.1, -0.05) is 48.5 Å². The molecule has 10 nitrogen and oxygen atoms in total. The van der Waals surface area contributed by atoms with Gasteiger partial charge in [-0.25, -0.2) is 0 Å². The molecule has 0 unspecified atom stereocenters. The van der Waals surface area contributed by atoms with Crippen LogP contribution in [-0.2, 0) is 20.2 Å². The van der Waals surface area contributed by atoms with Gasteiger partial charge in [-0.3, -0.25) is 9.11 Å². The number of hydrogen-bond donors (Lipinski definition) is 2. The number of aryl methyl sites for hydroxylation is 1. The Morgan fingerprint density at radius 2 is 1.10 bits per heavy atom.